The molecule has 2 aromatic rings. The third kappa shape index (κ3) is 5.40. The first-order chi connectivity index (χ1) is 14.2. The standard InChI is InChI=1S/C23H25NO4S/c25-22(24-17-12-13-17)21(16-7-2-1-3-8-16)28-23(26)19-10-4-5-11-20(19)29-15-18-9-6-14-27-18/h1-5,7-8,10-11,17-18,21H,6,9,12-15H2,(H,24,25)/t18-,21+/m0/s1. The molecule has 1 saturated carbocycles. The van der Waals surface area contributed by atoms with E-state index in [1.54, 1.807) is 17.8 Å². The van der Waals surface area contributed by atoms with Gasteiger partial charge in [-0.3, -0.25) is 4.79 Å². The molecule has 0 spiro atoms. The number of nitrogens with one attached hydrogen (secondary N) is 1. The Morgan fingerprint density at radius 3 is 2.55 bits per heavy atom. The number of carbonyl (C=O) groups excluding carboxylic acids is 2. The Balaban J connectivity index is 1.48. The number of ether oxygens (including phenoxy) is 2. The Kier molecular flexibility index (Phi) is 6.52. The summed E-state index contributed by atoms with van der Waals surface area (Å²) in [5.74, 6) is 0.0472. The van der Waals surface area contributed by atoms with Crippen molar-refractivity contribution in [1.29, 1.82) is 0 Å². The van der Waals surface area contributed by atoms with Crippen molar-refractivity contribution in [2.45, 2.75) is 48.8 Å². The molecule has 1 saturated heterocycles. The highest BCUT2D eigenvalue weighted by Gasteiger charge is 2.31. The average Bonchev–Trinajstić information content (AvgIpc) is 3.41. The zero-order valence-corrected chi connectivity index (χ0v) is 17.0. The second-order valence-electron chi connectivity index (χ2n) is 7.42. The predicted octanol–water partition coefficient (Wildman–Crippen LogP) is 4.13. The smallest absolute Gasteiger partial charge is 0.340 e. The van der Waals surface area contributed by atoms with Gasteiger partial charge in [-0.1, -0.05) is 42.5 Å². The van der Waals surface area contributed by atoms with E-state index in [1.807, 2.05) is 48.5 Å². The fourth-order valence-corrected chi connectivity index (χ4v) is 4.41. The maximum Gasteiger partial charge on any atom is 0.340 e. The molecule has 1 heterocycles. The van der Waals surface area contributed by atoms with Gasteiger partial charge in [-0.25, -0.2) is 4.79 Å². The maximum atomic E-state index is 13.0. The molecule has 2 aliphatic rings. The molecule has 5 nitrogen and oxygen atoms in total. The maximum absolute atomic E-state index is 13.0. The monoisotopic (exact) mass is 411 g/mol. The van der Waals surface area contributed by atoms with Crippen molar-refractivity contribution >= 4 is 23.6 Å². The van der Waals surface area contributed by atoms with E-state index in [4.69, 9.17) is 9.47 Å². The van der Waals surface area contributed by atoms with Crippen LogP contribution in [0.5, 0.6) is 0 Å². The zero-order valence-electron chi connectivity index (χ0n) is 16.2. The molecule has 0 bridgehead atoms. The molecule has 0 radical (unpaired) electrons. The number of rotatable bonds is 8. The summed E-state index contributed by atoms with van der Waals surface area (Å²) in [6.45, 7) is 0.809. The van der Waals surface area contributed by atoms with E-state index in [0.717, 1.165) is 42.9 Å². The van der Waals surface area contributed by atoms with Crippen LogP contribution >= 0.6 is 11.8 Å². The van der Waals surface area contributed by atoms with E-state index in [0.29, 0.717) is 11.1 Å². The van der Waals surface area contributed by atoms with Crippen molar-refractivity contribution in [3.8, 4) is 0 Å². The van der Waals surface area contributed by atoms with Gasteiger partial charge in [0.25, 0.3) is 5.91 Å². The molecule has 6 heteroatoms. The van der Waals surface area contributed by atoms with Gasteiger partial charge >= 0.3 is 5.97 Å². The van der Waals surface area contributed by atoms with Crippen molar-refractivity contribution in [3.05, 3.63) is 65.7 Å². The Bertz CT molecular complexity index is 847. The van der Waals surface area contributed by atoms with Gasteiger partial charge in [0.2, 0.25) is 6.10 Å². The van der Waals surface area contributed by atoms with E-state index in [1.165, 1.54) is 0 Å². The van der Waals surface area contributed by atoms with E-state index in [-0.39, 0.29) is 18.1 Å². The Morgan fingerprint density at radius 1 is 1.07 bits per heavy atom. The lowest BCUT2D eigenvalue weighted by atomic mass is 10.1. The quantitative estimate of drug-likeness (QED) is 0.523. The van der Waals surface area contributed by atoms with Crippen LogP contribution in [0.1, 0.15) is 47.7 Å². The number of esters is 1. The summed E-state index contributed by atoms with van der Waals surface area (Å²) in [6.07, 6.45) is 3.36. The molecule has 1 aliphatic heterocycles. The largest absolute Gasteiger partial charge is 0.444 e. The number of hydrogen-bond acceptors (Lipinski definition) is 5. The highest BCUT2D eigenvalue weighted by atomic mass is 32.2. The molecule has 1 amide bonds. The van der Waals surface area contributed by atoms with E-state index in [2.05, 4.69) is 5.32 Å². The molecule has 4 rings (SSSR count). The molecule has 1 N–H and O–H groups in total. The van der Waals surface area contributed by atoms with Crippen LogP contribution in [-0.4, -0.2) is 36.4 Å². The van der Waals surface area contributed by atoms with Crippen molar-refractivity contribution in [2.75, 3.05) is 12.4 Å². The summed E-state index contributed by atoms with van der Waals surface area (Å²) in [7, 11) is 0. The van der Waals surface area contributed by atoms with Crippen LogP contribution in [0, 0.1) is 0 Å². The molecule has 2 fully saturated rings. The van der Waals surface area contributed by atoms with Gasteiger partial charge < -0.3 is 14.8 Å². The van der Waals surface area contributed by atoms with Crippen LogP contribution in [0.2, 0.25) is 0 Å². The highest BCUT2D eigenvalue weighted by molar-refractivity contribution is 7.99. The Labute approximate surface area is 175 Å². The number of carbonyl (C=O) groups is 2. The number of amides is 1. The van der Waals surface area contributed by atoms with Gasteiger partial charge in [-0.15, -0.1) is 11.8 Å². The number of hydrogen-bond donors (Lipinski definition) is 1. The summed E-state index contributed by atoms with van der Waals surface area (Å²) >= 11 is 1.60. The summed E-state index contributed by atoms with van der Waals surface area (Å²) in [5.41, 5.74) is 1.15. The second kappa shape index (κ2) is 9.46. The SMILES string of the molecule is O=C(O[C@@H](C(=O)NC1CC1)c1ccccc1)c1ccccc1SC[C@@H]1CCCO1. The lowest BCUT2D eigenvalue weighted by molar-refractivity contribution is -0.130. The van der Waals surface area contributed by atoms with E-state index < -0.39 is 12.1 Å². The summed E-state index contributed by atoms with van der Waals surface area (Å²) in [6, 6.07) is 16.7. The summed E-state index contributed by atoms with van der Waals surface area (Å²) < 4.78 is 11.4. The number of benzene rings is 2. The van der Waals surface area contributed by atoms with Crippen LogP contribution in [0.4, 0.5) is 0 Å². The molecule has 152 valence electrons. The van der Waals surface area contributed by atoms with Crippen LogP contribution < -0.4 is 5.32 Å². The third-order valence-electron chi connectivity index (χ3n) is 5.04. The lowest BCUT2D eigenvalue weighted by Gasteiger charge is -2.19. The Hall–Kier alpha value is -2.31. The minimum atomic E-state index is -0.958. The molecule has 2 aromatic carbocycles. The molecular formula is C23H25NO4S. The molecule has 0 aromatic heterocycles. The van der Waals surface area contributed by atoms with Gasteiger partial charge in [0.15, 0.2) is 0 Å². The van der Waals surface area contributed by atoms with E-state index >= 15 is 0 Å². The molecular weight excluding hydrogens is 386 g/mol. The highest BCUT2D eigenvalue weighted by Crippen LogP contribution is 2.29. The number of thioether (sulfide) groups is 1. The second-order valence-corrected chi connectivity index (χ2v) is 8.48. The fourth-order valence-electron chi connectivity index (χ4n) is 3.30. The minimum Gasteiger partial charge on any atom is -0.444 e. The average molecular weight is 412 g/mol. The Morgan fingerprint density at radius 2 is 1.83 bits per heavy atom. The summed E-state index contributed by atoms with van der Waals surface area (Å²) in [4.78, 5) is 26.6. The van der Waals surface area contributed by atoms with Gasteiger partial charge in [0, 0.05) is 28.9 Å². The van der Waals surface area contributed by atoms with E-state index in [9.17, 15) is 9.59 Å². The zero-order chi connectivity index (χ0) is 20.1. The van der Waals surface area contributed by atoms with Gasteiger partial charge in [0.05, 0.1) is 11.7 Å². The molecule has 0 unspecified atom stereocenters. The van der Waals surface area contributed by atoms with Crippen molar-refractivity contribution in [2.24, 2.45) is 0 Å². The predicted molar refractivity (Wildman–Crippen MR) is 112 cm³/mol. The topological polar surface area (TPSA) is 64.6 Å². The van der Waals surface area contributed by atoms with Crippen LogP contribution in [0.15, 0.2) is 59.5 Å². The van der Waals surface area contributed by atoms with Gasteiger partial charge in [-0.2, -0.15) is 0 Å². The normalized spacial score (nSPS) is 19.5. The van der Waals surface area contributed by atoms with Crippen molar-refractivity contribution in [1.82, 2.24) is 5.32 Å². The van der Waals surface area contributed by atoms with Crippen molar-refractivity contribution in [3.63, 3.8) is 0 Å². The van der Waals surface area contributed by atoms with Crippen molar-refractivity contribution < 1.29 is 19.1 Å². The molecule has 29 heavy (non-hydrogen) atoms. The molecule has 1 aliphatic carbocycles. The van der Waals surface area contributed by atoms with Gasteiger partial charge in [0.1, 0.15) is 0 Å². The first kappa shape index (κ1) is 20.0. The lowest BCUT2D eigenvalue weighted by Crippen LogP contribution is -2.33. The van der Waals surface area contributed by atoms with Crippen LogP contribution in [-0.2, 0) is 14.3 Å². The first-order valence-corrected chi connectivity index (χ1v) is 11.1. The van der Waals surface area contributed by atoms with Gasteiger partial charge in [-0.05, 0) is 37.8 Å². The molecule has 2 atom stereocenters. The fraction of sp³-hybridized carbons (Fsp3) is 0.391. The first-order valence-electron chi connectivity index (χ1n) is 10.1. The third-order valence-corrected chi connectivity index (χ3v) is 6.25. The van der Waals surface area contributed by atoms with Crippen LogP contribution in [0.3, 0.4) is 0 Å². The summed E-state index contributed by atoms with van der Waals surface area (Å²) in [5, 5.41) is 2.95. The van der Waals surface area contributed by atoms with Crippen LogP contribution in [0.25, 0.3) is 0 Å². The minimum absolute atomic E-state index is 0.196.